The maximum Gasteiger partial charge on any atom is 0.194 e. The molecule has 1 atom stereocenters. The minimum atomic E-state index is -1.47. The Morgan fingerprint density at radius 3 is 2.10 bits per heavy atom. The van der Waals surface area contributed by atoms with Crippen LogP contribution in [0, 0.1) is 17.5 Å². The molecule has 106 valence electrons. The smallest absolute Gasteiger partial charge is 0.194 e. The molecule has 0 fully saturated rings. The summed E-state index contributed by atoms with van der Waals surface area (Å²) >= 11 is 0. The second-order valence-electron chi connectivity index (χ2n) is 4.75. The molecular weight excluding hydrogens is 263 g/mol. The Bertz CT molecular complexity index is 593. The van der Waals surface area contributed by atoms with E-state index in [9.17, 15) is 13.2 Å². The van der Waals surface area contributed by atoms with E-state index in [0.29, 0.717) is 6.42 Å². The van der Waals surface area contributed by atoms with Gasteiger partial charge in [-0.1, -0.05) is 37.3 Å². The summed E-state index contributed by atoms with van der Waals surface area (Å²) in [5.74, 6) is -3.88. The van der Waals surface area contributed by atoms with Crippen molar-refractivity contribution in [2.75, 3.05) is 0 Å². The summed E-state index contributed by atoms with van der Waals surface area (Å²) < 4.78 is 39.7. The Morgan fingerprint density at radius 2 is 1.50 bits per heavy atom. The summed E-state index contributed by atoms with van der Waals surface area (Å²) in [7, 11) is 0. The number of aryl methyl sites for hydroxylation is 1. The van der Waals surface area contributed by atoms with E-state index in [1.807, 2.05) is 24.3 Å². The van der Waals surface area contributed by atoms with Gasteiger partial charge in [0.1, 0.15) is 0 Å². The normalized spacial score (nSPS) is 12.4. The molecular formula is C16H16F3N. The van der Waals surface area contributed by atoms with Gasteiger partial charge in [0.2, 0.25) is 0 Å². The lowest BCUT2D eigenvalue weighted by Crippen LogP contribution is -2.16. The SMILES string of the molecule is CCc1ccc(CC(N)c2ccc(F)c(F)c2F)cc1. The first-order valence-corrected chi connectivity index (χ1v) is 6.49. The van der Waals surface area contributed by atoms with Crippen molar-refractivity contribution < 1.29 is 13.2 Å². The molecule has 1 nitrogen and oxygen atoms in total. The highest BCUT2D eigenvalue weighted by Gasteiger charge is 2.18. The highest BCUT2D eigenvalue weighted by Crippen LogP contribution is 2.23. The molecule has 0 saturated heterocycles. The molecule has 0 aromatic heterocycles. The van der Waals surface area contributed by atoms with E-state index < -0.39 is 23.5 Å². The minimum absolute atomic E-state index is 0.0107. The molecule has 0 aliphatic carbocycles. The Balaban J connectivity index is 2.19. The third-order valence-electron chi connectivity index (χ3n) is 3.35. The van der Waals surface area contributed by atoms with E-state index in [4.69, 9.17) is 5.73 Å². The Labute approximate surface area is 116 Å². The standard InChI is InChI=1S/C16H16F3N/c1-2-10-3-5-11(6-4-10)9-14(20)12-7-8-13(17)16(19)15(12)18/h3-8,14H,2,9,20H2,1H3. The lowest BCUT2D eigenvalue weighted by atomic mass is 9.98. The van der Waals surface area contributed by atoms with Gasteiger partial charge < -0.3 is 5.73 Å². The molecule has 0 heterocycles. The molecule has 0 bridgehead atoms. The highest BCUT2D eigenvalue weighted by molar-refractivity contribution is 5.28. The number of hydrogen-bond acceptors (Lipinski definition) is 1. The fourth-order valence-electron chi connectivity index (χ4n) is 2.10. The van der Waals surface area contributed by atoms with E-state index in [-0.39, 0.29) is 5.56 Å². The number of benzene rings is 2. The third kappa shape index (κ3) is 3.02. The molecule has 0 radical (unpaired) electrons. The zero-order chi connectivity index (χ0) is 14.7. The fourth-order valence-corrected chi connectivity index (χ4v) is 2.10. The predicted octanol–water partition coefficient (Wildman–Crippen LogP) is 3.91. The lowest BCUT2D eigenvalue weighted by Gasteiger charge is -2.14. The van der Waals surface area contributed by atoms with Gasteiger partial charge in [0, 0.05) is 11.6 Å². The van der Waals surface area contributed by atoms with Gasteiger partial charge in [-0.2, -0.15) is 0 Å². The first kappa shape index (κ1) is 14.6. The molecule has 20 heavy (non-hydrogen) atoms. The van der Waals surface area contributed by atoms with Crippen LogP contribution in [0.1, 0.15) is 29.7 Å². The summed E-state index contributed by atoms with van der Waals surface area (Å²) in [5.41, 5.74) is 8.00. The molecule has 2 aromatic carbocycles. The number of rotatable bonds is 4. The van der Waals surface area contributed by atoms with E-state index in [1.165, 1.54) is 11.6 Å². The first-order chi connectivity index (χ1) is 9.52. The topological polar surface area (TPSA) is 26.0 Å². The summed E-state index contributed by atoms with van der Waals surface area (Å²) in [4.78, 5) is 0. The van der Waals surface area contributed by atoms with E-state index in [2.05, 4.69) is 6.92 Å². The molecule has 0 saturated carbocycles. The Morgan fingerprint density at radius 1 is 0.900 bits per heavy atom. The van der Waals surface area contributed by atoms with Gasteiger partial charge in [-0.15, -0.1) is 0 Å². The van der Waals surface area contributed by atoms with Crippen LogP contribution in [-0.4, -0.2) is 0 Å². The van der Waals surface area contributed by atoms with Crippen LogP contribution in [0.2, 0.25) is 0 Å². The van der Waals surface area contributed by atoms with Gasteiger partial charge in [-0.05, 0) is 30.0 Å². The largest absolute Gasteiger partial charge is 0.324 e. The maximum absolute atomic E-state index is 13.6. The van der Waals surface area contributed by atoms with Crippen LogP contribution in [0.4, 0.5) is 13.2 Å². The Hall–Kier alpha value is -1.81. The summed E-state index contributed by atoms with van der Waals surface area (Å²) in [6.07, 6.45) is 1.30. The van der Waals surface area contributed by atoms with Gasteiger partial charge >= 0.3 is 0 Å². The zero-order valence-electron chi connectivity index (χ0n) is 11.2. The van der Waals surface area contributed by atoms with Crippen LogP contribution >= 0.6 is 0 Å². The average Bonchev–Trinajstić information content (AvgIpc) is 2.45. The summed E-state index contributed by atoms with van der Waals surface area (Å²) in [6, 6.07) is 9.16. The summed E-state index contributed by atoms with van der Waals surface area (Å²) in [5, 5.41) is 0. The van der Waals surface area contributed by atoms with Crippen LogP contribution in [0.5, 0.6) is 0 Å². The molecule has 0 amide bonds. The molecule has 2 N–H and O–H groups in total. The van der Waals surface area contributed by atoms with E-state index in [0.717, 1.165) is 18.1 Å². The van der Waals surface area contributed by atoms with E-state index >= 15 is 0 Å². The maximum atomic E-state index is 13.6. The average molecular weight is 279 g/mol. The molecule has 0 spiro atoms. The van der Waals surface area contributed by atoms with Gasteiger partial charge in [0.15, 0.2) is 17.5 Å². The van der Waals surface area contributed by atoms with Crippen molar-refractivity contribution >= 4 is 0 Å². The van der Waals surface area contributed by atoms with Gasteiger partial charge in [-0.3, -0.25) is 0 Å². The molecule has 4 heteroatoms. The Kier molecular flexibility index (Phi) is 4.45. The number of hydrogen-bond donors (Lipinski definition) is 1. The van der Waals surface area contributed by atoms with Crippen LogP contribution in [0.15, 0.2) is 36.4 Å². The monoisotopic (exact) mass is 279 g/mol. The van der Waals surface area contributed by atoms with Crippen molar-refractivity contribution in [2.24, 2.45) is 5.73 Å². The number of nitrogens with two attached hydrogens (primary N) is 1. The van der Waals surface area contributed by atoms with Crippen molar-refractivity contribution in [1.29, 1.82) is 0 Å². The minimum Gasteiger partial charge on any atom is -0.324 e. The van der Waals surface area contributed by atoms with Crippen LogP contribution in [0.3, 0.4) is 0 Å². The summed E-state index contributed by atoms with van der Waals surface area (Å²) in [6.45, 7) is 2.05. The van der Waals surface area contributed by atoms with E-state index in [1.54, 1.807) is 0 Å². The van der Waals surface area contributed by atoms with Gasteiger partial charge in [-0.25, -0.2) is 13.2 Å². The van der Waals surface area contributed by atoms with Crippen LogP contribution < -0.4 is 5.73 Å². The van der Waals surface area contributed by atoms with Gasteiger partial charge in [0.05, 0.1) is 0 Å². The van der Waals surface area contributed by atoms with Crippen molar-refractivity contribution in [2.45, 2.75) is 25.8 Å². The lowest BCUT2D eigenvalue weighted by molar-refractivity contribution is 0.435. The highest BCUT2D eigenvalue weighted by atomic mass is 19.2. The third-order valence-corrected chi connectivity index (χ3v) is 3.35. The van der Waals surface area contributed by atoms with Gasteiger partial charge in [0.25, 0.3) is 0 Å². The van der Waals surface area contributed by atoms with Crippen LogP contribution in [-0.2, 0) is 12.8 Å². The molecule has 2 aromatic rings. The molecule has 1 unspecified atom stereocenters. The quantitative estimate of drug-likeness (QED) is 0.844. The zero-order valence-corrected chi connectivity index (χ0v) is 11.2. The fraction of sp³-hybridized carbons (Fsp3) is 0.250. The van der Waals surface area contributed by atoms with Crippen molar-refractivity contribution in [3.8, 4) is 0 Å². The molecule has 2 rings (SSSR count). The van der Waals surface area contributed by atoms with Crippen LogP contribution in [0.25, 0.3) is 0 Å². The molecule has 0 aliphatic heterocycles. The number of halogens is 3. The second-order valence-corrected chi connectivity index (χ2v) is 4.75. The second kappa shape index (κ2) is 6.09. The predicted molar refractivity (Wildman–Crippen MR) is 72.8 cm³/mol. The molecule has 0 aliphatic rings. The first-order valence-electron chi connectivity index (χ1n) is 6.49. The van der Waals surface area contributed by atoms with Crippen molar-refractivity contribution in [1.82, 2.24) is 0 Å². The van der Waals surface area contributed by atoms with Crippen molar-refractivity contribution in [3.63, 3.8) is 0 Å². The van der Waals surface area contributed by atoms with Crippen molar-refractivity contribution in [3.05, 3.63) is 70.5 Å².